The maximum absolute atomic E-state index is 13.1. The Labute approximate surface area is 129 Å². The summed E-state index contributed by atoms with van der Waals surface area (Å²) < 4.78 is 40.3. The fourth-order valence-corrected chi connectivity index (χ4v) is 2.67. The van der Waals surface area contributed by atoms with Crippen molar-refractivity contribution in [2.75, 3.05) is 0 Å². The number of halogens is 3. The Morgan fingerprint density at radius 3 is 2.43 bits per heavy atom. The SMILES string of the molecule is Cc1nc2c(C(F)(F)F)c(C)[nH]n2c(=O)c1Cc1ccccc1. The number of alkyl halides is 3. The summed E-state index contributed by atoms with van der Waals surface area (Å²) in [5, 5.41) is 2.48. The van der Waals surface area contributed by atoms with Gasteiger partial charge in [-0.05, 0) is 19.4 Å². The van der Waals surface area contributed by atoms with Crippen molar-refractivity contribution in [1.82, 2.24) is 14.6 Å². The molecule has 1 N–H and O–H groups in total. The first-order chi connectivity index (χ1) is 10.8. The summed E-state index contributed by atoms with van der Waals surface area (Å²) in [6.45, 7) is 2.84. The monoisotopic (exact) mass is 321 g/mol. The standard InChI is InChI=1S/C16H14F3N3O/c1-9-12(8-11-6-4-3-5-7-11)15(23)22-14(20-9)13(10(2)21-22)16(17,18)19/h3-7,21H,8H2,1-2H3. The molecule has 0 atom stereocenters. The summed E-state index contributed by atoms with van der Waals surface area (Å²) >= 11 is 0. The van der Waals surface area contributed by atoms with E-state index in [-0.39, 0.29) is 11.3 Å². The summed E-state index contributed by atoms with van der Waals surface area (Å²) in [5.74, 6) is 0. The molecule has 1 aromatic carbocycles. The van der Waals surface area contributed by atoms with Crippen LogP contribution in [-0.2, 0) is 12.6 Å². The predicted octanol–water partition coefficient (Wildman–Crippen LogP) is 3.25. The summed E-state index contributed by atoms with van der Waals surface area (Å²) in [7, 11) is 0. The van der Waals surface area contributed by atoms with Crippen molar-refractivity contribution in [3.8, 4) is 0 Å². The second kappa shape index (κ2) is 5.26. The van der Waals surface area contributed by atoms with Crippen LogP contribution in [0, 0.1) is 13.8 Å². The van der Waals surface area contributed by atoms with Crippen LogP contribution < -0.4 is 5.56 Å². The molecule has 0 aliphatic rings. The third kappa shape index (κ3) is 2.62. The molecule has 120 valence electrons. The molecule has 0 fully saturated rings. The molecule has 0 bridgehead atoms. The van der Waals surface area contributed by atoms with E-state index in [4.69, 9.17) is 0 Å². The molecular weight excluding hydrogens is 307 g/mol. The molecule has 0 aliphatic carbocycles. The molecule has 0 unspecified atom stereocenters. The minimum absolute atomic E-state index is 0.127. The number of benzene rings is 1. The van der Waals surface area contributed by atoms with E-state index >= 15 is 0 Å². The first-order valence-electron chi connectivity index (χ1n) is 7.01. The minimum Gasteiger partial charge on any atom is -0.293 e. The number of aryl methyl sites for hydroxylation is 2. The van der Waals surface area contributed by atoms with Crippen LogP contribution in [0.5, 0.6) is 0 Å². The highest BCUT2D eigenvalue weighted by atomic mass is 19.4. The number of fused-ring (bicyclic) bond motifs is 1. The largest absolute Gasteiger partial charge is 0.421 e. The van der Waals surface area contributed by atoms with Gasteiger partial charge < -0.3 is 0 Å². The van der Waals surface area contributed by atoms with Gasteiger partial charge in [-0.25, -0.2) is 9.50 Å². The van der Waals surface area contributed by atoms with Crippen LogP contribution >= 0.6 is 0 Å². The Bertz CT molecular complexity index is 924. The Hall–Kier alpha value is -2.57. The first-order valence-corrected chi connectivity index (χ1v) is 7.01. The zero-order valence-electron chi connectivity index (χ0n) is 12.5. The van der Waals surface area contributed by atoms with Gasteiger partial charge in [-0.2, -0.15) is 13.2 Å². The molecule has 3 rings (SSSR count). The van der Waals surface area contributed by atoms with Crippen LogP contribution in [0.25, 0.3) is 5.65 Å². The van der Waals surface area contributed by atoms with Crippen molar-refractivity contribution in [2.45, 2.75) is 26.4 Å². The van der Waals surface area contributed by atoms with Gasteiger partial charge in [0.05, 0.1) is 0 Å². The number of hydrogen-bond donors (Lipinski definition) is 1. The smallest absolute Gasteiger partial charge is 0.293 e. The number of rotatable bonds is 2. The molecule has 0 amide bonds. The topological polar surface area (TPSA) is 50.2 Å². The Morgan fingerprint density at radius 1 is 1.17 bits per heavy atom. The molecule has 4 nitrogen and oxygen atoms in total. The van der Waals surface area contributed by atoms with Crippen molar-refractivity contribution in [3.63, 3.8) is 0 Å². The Balaban J connectivity index is 2.22. The number of hydrogen-bond acceptors (Lipinski definition) is 2. The second-order valence-electron chi connectivity index (χ2n) is 5.41. The average Bonchev–Trinajstić information content (AvgIpc) is 2.81. The second-order valence-corrected chi connectivity index (χ2v) is 5.41. The summed E-state index contributed by atoms with van der Waals surface area (Å²) in [4.78, 5) is 16.6. The van der Waals surface area contributed by atoms with E-state index in [1.54, 1.807) is 6.92 Å². The molecule has 0 spiro atoms. The zero-order chi connectivity index (χ0) is 16.8. The number of H-pyrrole nitrogens is 1. The Morgan fingerprint density at radius 2 is 1.83 bits per heavy atom. The Kier molecular flexibility index (Phi) is 3.50. The van der Waals surface area contributed by atoms with E-state index in [2.05, 4.69) is 10.1 Å². The molecule has 0 saturated heterocycles. The van der Waals surface area contributed by atoms with Crippen molar-refractivity contribution < 1.29 is 13.2 Å². The molecule has 3 aromatic rings. The summed E-state index contributed by atoms with van der Waals surface area (Å²) in [6, 6.07) is 9.25. The highest BCUT2D eigenvalue weighted by Crippen LogP contribution is 2.33. The van der Waals surface area contributed by atoms with Gasteiger partial charge in [0, 0.05) is 23.4 Å². The van der Waals surface area contributed by atoms with Gasteiger partial charge in [0.1, 0.15) is 5.56 Å². The molecule has 0 saturated carbocycles. The van der Waals surface area contributed by atoms with Gasteiger partial charge in [-0.15, -0.1) is 0 Å². The van der Waals surface area contributed by atoms with Crippen molar-refractivity contribution >= 4 is 5.65 Å². The highest BCUT2D eigenvalue weighted by Gasteiger charge is 2.37. The summed E-state index contributed by atoms with van der Waals surface area (Å²) in [6.07, 6.45) is -4.25. The van der Waals surface area contributed by atoms with E-state index in [1.807, 2.05) is 30.3 Å². The van der Waals surface area contributed by atoms with Gasteiger partial charge in [-0.3, -0.25) is 9.89 Å². The highest BCUT2D eigenvalue weighted by molar-refractivity contribution is 5.53. The molecule has 0 radical (unpaired) electrons. The third-order valence-electron chi connectivity index (χ3n) is 3.77. The van der Waals surface area contributed by atoms with Gasteiger partial charge in [0.15, 0.2) is 5.65 Å². The molecule has 7 heteroatoms. The van der Waals surface area contributed by atoms with Crippen LogP contribution in [-0.4, -0.2) is 14.6 Å². The van der Waals surface area contributed by atoms with Crippen LogP contribution in [0.2, 0.25) is 0 Å². The third-order valence-corrected chi connectivity index (χ3v) is 3.77. The van der Waals surface area contributed by atoms with Crippen molar-refractivity contribution in [1.29, 1.82) is 0 Å². The van der Waals surface area contributed by atoms with E-state index in [1.165, 1.54) is 6.92 Å². The van der Waals surface area contributed by atoms with E-state index in [9.17, 15) is 18.0 Å². The van der Waals surface area contributed by atoms with Gasteiger partial charge in [-0.1, -0.05) is 30.3 Å². The summed E-state index contributed by atoms with van der Waals surface area (Å²) in [5.41, 5.74) is -0.326. The van der Waals surface area contributed by atoms with Crippen LogP contribution in [0.15, 0.2) is 35.1 Å². The number of aromatic amines is 1. The number of nitrogens with zero attached hydrogens (tertiary/aromatic N) is 2. The zero-order valence-corrected chi connectivity index (χ0v) is 12.5. The maximum atomic E-state index is 13.1. The van der Waals surface area contributed by atoms with Crippen molar-refractivity contribution in [2.24, 2.45) is 0 Å². The molecule has 2 heterocycles. The number of nitrogens with one attached hydrogen (secondary N) is 1. The van der Waals surface area contributed by atoms with Gasteiger partial charge >= 0.3 is 6.18 Å². The van der Waals surface area contributed by atoms with Crippen LogP contribution in [0.1, 0.15) is 28.1 Å². The van der Waals surface area contributed by atoms with Crippen molar-refractivity contribution in [3.05, 3.63) is 68.8 Å². The quantitative estimate of drug-likeness (QED) is 0.788. The van der Waals surface area contributed by atoms with Crippen LogP contribution in [0.3, 0.4) is 0 Å². The maximum Gasteiger partial charge on any atom is 0.421 e. The molecule has 2 aromatic heterocycles. The lowest BCUT2D eigenvalue weighted by Crippen LogP contribution is -2.22. The van der Waals surface area contributed by atoms with E-state index in [0.717, 1.165) is 10.1 Å². The fraction of sp³-hybridized carbons (Fsp3) is 0.250. The number of aromatic nitrogens is 3. The van der Waals surface area contributed by atoms with Gasteiger partial charge in [0.2, 0.25) is 0 Å². The molecule has 0 aliphatic heterocycles. The van der Waals surface area contributed by atoms with E-state index in [0.29, 0.717) is 17.7 Å². The lowest BCUT2D eigenvalue weighted by Gasteiger charge is -2.08. The lowest BCUT2D eigenvalue weighted by atomic mass is 10.1. The fourth-order valence-electron chi connectivity index (χ4n) is 2.67. The lowest BCUT2D eigenvalue weighted by molar-refractivity contribution is -0.136. The minimum atomic E-state index is -4.57. The molecular formula is C16H14F3N3O. The van der Waals surface area contributed by atoms with Gasteiger partial charge in [0.25, 0.3) is 5.56 Å². The molecule has 23 heavy (non-hydrogen) atoms. The average molecular weight is 321 g/mol. The predicted molar refractivity (Wildman–Crippen MR) is 79.5 cm³/mol. The first kappa shape index (κ1) is 15.3. The van der Waals surface area contributed by atoms with Crippen LogP contribution in [0.4, 0.5) is 13.2 Å². The van der Waals surface area contributed by atoms with E-state index < -0.39 is 17.3 Å². The normalized spacial score (nSPS) is 12.0.